The zero-order valence-corrected chi connectivity index (χ0v) is 14.0. The van der Waals surface area contributed by atoms with Crippen LogP contribution < -0.4 is 15.0 Å². The second kappa shape index (κ2) is 7.70. The Hall–Kier alpha value is -2.46. The molecule has 0 radical (unpaired) electrons. The maximum absolute atomic E-state index is 12.0. The van der Waals surface area contributed by atoms with Crippen LogP contribution in [0.3, 0.4) is 0 Å². The number of rotatable bonds is 6. The fourth-order valence-electron chi connectivity index (χ4n) is 2.01. The lowest BCUT2D eigenvalue weighted by molar-refractivity contribution is 0.294. The minimum atomic E-state index is -0.452. The summed E-state index contributed by atoms with van der Waals surface area (Å²) >= 11 is 1.30. The molecule has 0 saturated heterocycles. The average Bonchev–Trinajstić information content (AvgIpc) is 2.58. The van der Waals surface area contributed by atoms with Gasteiger partial charge in [0.15, 0.2) is 16.7 Å². The number of nitriles is 1. The van der Waals surface area contributed by atoms with Crippen molar-refractivity contribution in [2.75, 3.05) is 20.0 Å². The number of ether oxygens (including phenoxy) is 2. The van der Waals surface area contributed by atoms with Crippen molar-refractivity contribution in [1.29, 1.82) is 5.26 Å². The molecule has 1 aromatic heterocycles. The molecule has 1 aromatic carbocycles. The van der Waals surface area contributed by atoms with Gasteiger partial charge < -0.3 is 14.5 Å². The molecular formula is C16H17N3O3S. The first-order valence-corrected chi connectivity index (χ1v) is 8.26. The van der Waals surface area contributed by atoms with Crippen LogP contribution in [0.15, 0.2) is 28.2 Å². The summed E-state index contributed by atoms with van der Waals surface area (Å²) in [5, 5.41) is 9.70. The lowest BCUT2D eigenvalue weighted by Gasteiger charge is -2.12. The number of H-pyrrole nitrogens is 1. The van der Waals surface area contributed by atoms with E-state index in [1.807, 2.05) is 13.0 Å². The van der Waals surface area contributed by atoms with Crippen LogP contribution in [0.1, 0.15) is 18.9 Å². The predicted octanol–water partition coefficient (Wildman–Crippen LogP) is 2.83. The standard InChI is InChI=1S/C16H17N3O3S/c1-4-7-22-12-6-5-10(8-13(12)21-2)14-11(9-17)15(20)19-16(18-14)23-3/h5-6,8H,4,7H2,1-3H3,(H,18,19,20). The highest BCUT2D eigenvalue weighted by Gasteiger charge is 2.15. The maximum atomic E-state index is 12.0. The molecule has 23 heavy (non-hydrogen) atoms. The van der Waals surface area contributed by atoms with E-state index >= 15 is 0 Å². The Morgan fingerprint density at radius 2 is 2.17 bits per heavy atom. The summed E-state index contributed by atoms with van der Waals surface area (Å²) in [5.74, 6) is 1.15. The summed E-state index contributed by atoms with van der Waals surface area (Å²) in [5.41, 5.74) is 0.490. The number of benzene rings is 1. The third-order valence-electron chi connectivity index (χ3n) is 3.10. The SMILES string of the molecule is CCCOc1ccc(-c2nc(SC)[nH]c(=O)c2C#N)cc1OC. The summed E-state index contributed by atoms with van der Waals surface area (Å²) in [6.07, 6.45) is 2.69. The van der Waals surface area contributed by atoms with Gasteiger partial charge in [0, 0.05) is 5.56 Å². The third kappa shape index (κ3) is 3.66. The van der Waals surface area contributed by atoms with Gasteiger partial charge in [-0.05, 0) is 30.9 Å². The molecule has 0 unspecified atom stereocenters. The molecule has 2 aromatic rings. The molecule has 0 fully saturated rings. The third-order valence-corrected chi connectivity index (χ3v) is 3.68. The molecule has 0 aliphatic rings. The zero-order chi connectivity index (χ0) is 16.8. The van der Waals surface area contributed by atoms with Crippen LogP contribution in [0.2, 0.25) is 0 Å². The van der Waals surface area contributed by atoms with Gasteiger partial charge >= 0.3 is 0 Å². The molecule has 0 aliphatic heterocycles. The molecular weight excluding hydrogens is 314 g/mol. The summed E-state index contributed by atoms with van der Waals surface area (Å²) in [6.45, 7) is 2.60. The zero-order valence-electron chi connectivity index (χ0n) is 13.2. The minimum Gasteiger partial charge on any atom is -0.493 e. The number of thioether (sulfide) groups is 1. The first-order valence-electron chi connectivity index (χ1n) is 7.04. The highest BCUT2D eigenvalue weighted by molar-refractivity contribution is 7.98. The van der Waals surface area contributed by atoms with Crippen LogP contribution in [-0.4, -0.2) is 29.9 Å². The van der Waals surface area contributed by atoms with E-state index in [9.17, 15) is 10.1 Å². The second-order valence-corrected chi connectivity index (χ2v) is 5.42. The van der Waals surface area contributed by atoms with Crippen LogP contribution in [0, 0.1) is 11.3 Å². The van der Waals surface area contributed by atoms with E-state index in [-0.39, 0.29) is 5.56 Å². The molecule has 120 valence electrons. The summed E-state index contributed by atoms with van der Waals surface area (Å²) in [6, 6.07) is 7.15. The minimum absolute atomic E-state index is 0.0212. The number of hydrogen-bond donors (Lipinski definition) is 1. The quantitative estimate of drug-likeness (QED) is 0.647. The summed E-state index contributed by atoms with van der Waals surface area (Å²) in [4.78, 5) is 18.9. The second-order valence-electron chi connectivity index (χ2n) is 4.62. The Morgan fingerprint density at radius 3 is 2.78 bits per heavy atom. The molecule has 0 amide bonds. The Balaban J connectivity index is 2.56. The Bertz CT molecular complexity index is 796. The van der Waals surface area contributed by atoms with Gasteiger partial charge in [-0.2, -0.15) is 5.26 Å². The number of nitrogens with zero attached hydrogens (tertiary/aromatic N) is 2. The van der Waals surface area contributed by atoms with Crippen LogP contribution in [0.25, 0.3) is 11.3 Å². The normalized spacial score (nSPS) is 10.2. The molecule has 1 heterocycles. The highest BCUT2D eigenvalue weighted by Crippen LogP contribution is 2.33. The van der Waals surface area contributed by atoms with E-state index in [4.69, 9.17) is 9.47 Å². The molecule has 1 N–H and O–H groups in total. The maximum Gasteiger partial charge on any atom is 0.270 e. The largest absolute Gasteiger partial charge is 0.493 e. The summed E-state index contributed by atoms with van der Waals surface area (Å²) < 4.78 is 10.9. The van der Waals surface area contributed by atoms with Gasteiger partial charge in [0.25, 0.3) is 5.56 Å². The molecule has 0 saturated carbocycles. The van der Waals surface area contributed by atoms with Gasteiger partial charge in [-0.25, -0.2) is 4.98 Å². The molecule has 0 aliphatic carbocycles. The first kappa shape index (κ1) is 16.9. The smallest absolute Gasteiger partial charge is 0.270 e. The number of aromatic amines is 1. The van der Waals surface area contributed by atoms with Crippen LogP contribution >= 0.6 is 11.8 Å². The first-order chi connectivity index (χ1) is 11.1. The van der Waals surface area contributed by atoms with Crippen molar-refractivity contribution in [3.63, 3.8) is 0 Å². The highest BCUT2D eigenvalue weighted by atomic mass is 32.2. The van der Waals surface area contributed by atoms with E-state index in [1.54, 1.807) is 31.6 Å². The molecule has 7 heteroatoms. The van der Waals surface area contributed by atoms with Crippen molar-refractivity contribution in [2.45, 2.75) is 18.5 Å². The van der Waals surface area contributed by atoms with Gasteiger partial charge in [0.2, 0.25) is 0 Å². The average molecular weight is 331 g/mol. The monoisotopic (exact) mass is 331 g/mol. The molecule has 0 bridgehead atoms. The predicted molar refractivity (Wildman–Crippen MR) is 89.1 cm³/mol. The number of hydrogen-bond acceptors (Lipinski definition) is 6. The fourth-order valence-corrected chi connectivity index (χ4v) is 2.39. The van der Waals surface area contributed by atoms with Gasteiger partial charge in [-0.1, -0.05) is 18.7 Å². The fraction of sp³-hybridized carbons (Fsp3) is 0.312. The van der Waals surface area contributed by atoms with Crippen LogP contribution in [-0.2, 0) is 0 Å². The Kier molecular flexibility index (Phi) is 5.66. The van der Waals surface area contributed by atoms with E-state index in [0.29, 0.717) is 34.5 Å². The van der Waals surface area contributed by atoms with Crippen molar-refractivity contribution < 1.29 is 9.47 Å². The Labute approximate surface area is 138 Å². The lowest BCUT2D eigenvalue weighted by atomic mass is 10.1. The van der Waals surface area contributed by atoms with E-state index in [0.717, 1.165) is 6.42 Å². The summed E-state index contributed by atoms with van der Waals surface area (Å²) in [7, 11) is 1.54. The van der Waals surface area contributed by atoms with Gasteiger partial charge in [-0.3, -0.25) is 4.79 Å². The molecule has 6 nitrogen and oxygen atoms in total. The van der Waals surface area contributed by atoms with Gasteiger partial charge in [0.1, 0.15) is 11.6 Å². The van der Waals surface area contributed by atoms with Crippen molar-refractivity contribution in [2.24, 2.45) is 0 Å². The van der Waals surface area contributed by atoms with Crippen LogP contribution in [0.4, 0.5) is 0 Å². The van der Waals surface area contributed by atoms with E-state index in [1.165, 1.54) is 11.8 Å². The number of nitrogens with one attached hydrogen (secondary N) is 1. The number of methoxy groups -OCH3 is 1. The van der Waals surface area contributed by atoms with Crippen molar-refractivity contribution >= 4 is 11.8 Å². The molecule has 2 rings (SSSR count). The van der Waals surface area contributed by atoms with Gasteiger partial charge in [0.05, 0.1) is 19.4 Å². The topological polar surface area (TPSA) is 88.0 Å². The molecule has 0 atom stereocenters. The van der Waals surface area contributed by atoms with Crippen molar-refractivity contribution in [3.8, 4) is 28.8 Å². The van der Waals surface area contributed by atoms with Gasteiger partial charge in [-0.15, -0.1) is 0 Å². The van der Waals surface area contributed by atoms with Crippen molar-refractivity contribution in [3.05, 3.63) is 34.1 Å². The van der Waals surface area contributed by atoms with E-state index < -0.39 is 5.56 Å². The van der Waals surface area contributed by atoms with Crippen LogP contribution in [0.5, 0.6) is 11.5 Å². The lowest BCUT2D eigenvalue weighted by Crippen LogP contribution is -2.14. The van der Waals surface area contributed by atoms with E-state index in [2.05, 4.69) is 9.97 Å². The molecule has 0 spiro atoms. The number of aromatic nitrogens is 2. The van der Waals surface area contributed by atoms with Crippen molar-refractivity contribution in [1.82, 2.24) is 9.97 Å². The Morgan fingerprint density at radius 1 is 1.39 bits per heavy atom.